The second kappa shape index (κ2) is 5.24. The highest BCUT2D eigenvalue weighted by atomic mass is 16.5. The first kappa shape index (κ1) is 11.9. The Morgan fingerprint density at radius 3 is 3.05 bits per heavy atom. The number of anilines is 1. The van der Waals surface area contributed by atoms with Crippen LogP contribution in [0.3, 0.4) is 0 Å². The predicted octanol–water partition coefficient (Wildman–Crippen LogP) is 1.70. The fraction of sp³-hybridized carbons (Fsp3) is 0.286. The largest absolute Gasteiger partial charge is 0.481 e. The molecule has 0 saturated carbocycles. The molecule has 1 aromatic carbocycles. The number of aromatic nitrogens is 2. The first-order valence-corrected chi connectivity index (χ1v) is 6.27. The first-order valence-electron chi connectivity index (χ1n) is 6.27. The molecule has 0 aliphatic carbocycles. The zero-order valence-corrected chi connectivity index (χ0v) is 10.8. The van der Waals surface area contributed by atoms with Crippen LogP contribution in [0.4, 0.5) is 5.95 Å². The van der Waals surface area contributed by atoms with E-state index in [1.54, 1.807) is 19.4 Å². The smallest absolute Gasteiger partial charge is 0.226 e. The molecule has 2 N–H and O–H groups in total. The normalized spacial score (nSPS) is 13.1. The lowest BCUT2D eigenvalue weighted by Gasteiger charge is -2.07. The molecule has 0 saturated heterocycles. The Morgan fingerprint density at radius 1 is 1.26 bits per heavy atom. The second-order valence-corrected chi connectivity index (χ2v) is 4.48. The van der Waals surface area contributed by atoms with Gasteiger partial charge in [-0.2, -0.15) is 4.98 Å². The predicted molar refractivity (Wildman–Crippen MR) is 72.9 cm³/mol. The lowest BCUT2D eigenvalue weighted by molar-refractivity contribution is 0.397. The molecule has 0 radical (unpaired) electrons. The van der Waals surface area contributed by atoms with Gasteiger partial charge in [-0.15, -0.1) is 0 Å². The van der Waals surface area contributed by atoms with Crippen LogP contribution in [-0.4, -0.2) is 17.1 Å². The van der Waals surface area contributed by atoms with Crippen LogP contribution < -0.4 is 15.4 Å². The van der Waals surface area contributed by atoms with Crippen molar-refractivity contribution in [2.75, 3.05) is 12.4 Å². The molecule has 0 unspecified atom stereocenters. The Morgan fingerprint density at radius 2 is 2.16 bits per heavy atom. The molecule has 3 rings (SSSR count). The maximum absolute atomic E-state index is 5.07. The van der Waals surface area contributed by atoms with Gasteiger partial charge in [-0.05, 0) is 16.7 Å². The zero-order chi connectivity index (χ0) is 13.1. The molecule has 1 aromatic heterocycles. The maximum Gasteiger partial charge on any atom is 0.226 e. The van der Waals surface area contributed by atoms with E-state index in [0.29, 0.717) is 18.4 Å². The molecule has 0 amide bonds. The Hall–Kier alpha value is -2.14. The van der Waals surface area contributed by atoms with E-state index >= 15 is 0 Å². The molecule has 98 valence electrons. The number of hydrogen-bond donors (Lipinski definition) is 2. The van der Waals surface area contributed by atoms with E-state index in [-0.39, 0.29) is 0 Å². The highest BCUT2D eigenvalue weighted by Gasteiger charge is 2.09. The van der Waals surface area contributed by atoms with Crippen molar-refractivity contribution < 1.29 is 4.74 Å². The number of rotatable bonds is 4. The molecular weight excluding hydrogens is 240 g/mol. The summed E-state index contributed by atoms with van der Waals surface area (Å²) in [6.45, 7) is 2.64. The van der Waals surface area contributed by atoms with Crippen LogP contribution in [-0.2, 0) is 19.6 Å². The van der Waals surface area contributed by atoms with Crippen LogP contribution in [0.2, 0.25) is 0 Å². The van der Waals surface area contributed by atoms with Crippen molar-refractivity contribution in [3.8, 4) is 5.88 Å². The van der Waals surface area contributed by atoms with Crippen LogP contribution in [0, 0.1) is 0 Å². The highest BCUT2D eigenvalue weighted by Crippen LogP contribution is 2.17. The van der Waals surface area contributed by atoms with E-state index in [0.717, 1.165) is 13.1 Å². The van der Waals surface area contributed by atoms with E-state index in [9.17, 15) is 0 Å². The van der Waals surface area contributed by atoms with Crippen molar-refractivity contribution in [2.45, 2.75) is 19.6 Å². The molecule has 0 atom stereocenters. The molecular formula is C14H16N4O. The van der Waals surface area contributed by atoms with E-state index in [1.807, 2.05) is 0 Å². The standard InChI is InChI=1S/C14H16N4O/c1-19-13-4-5-16-14(18-13)17-7-10-2-3-11-8-15-9-12(11)6-10/h2-6,15H,7-9H2,1H3,(H,16,17,18). The van der Waals surface area contributed by atoms with E-state index in [2.05, 4.69) is 38.8 Å². The Kier molecular flexibility index (Phi) is 3.29. The molecule has 2 aromatic rings. The Balaban J connectivity index is 1.68. The molecule has 5 nitrogen and oxygen atoms in total. The van der Waals surface area contributed by atoms with Gasteiger partial charge in [0.15, 0.2) is 0 Å². The summed E-state index contributed by atoms with van der Waals surface area (Å²) in [5, 5.41) is 6.55. The monoisotopic (exact) mass is 256 g/mol. The third-order valence-electron chi connectivity index (χ3n) is 3.19. The van der Waals surface area contributed by atoms with E-state index in [1.165, 1.54) is 16.7 Å². The minimum Gasteiger partial charge on any atom is -0.481 e. The molecule has 19 heavy (non-hydrogen) atoms. The van der Waals surface area contributed by atoms with Crippen molar-refractivity contribution in [1.29, 1.82) is 0 Å². The van der Waals surface area contributed by atoms with Gasteiger partial charge in [0.2, 0.25) is 11.8 Å². The van der Waals surface area contributed by atoms with Crippen molar-refractivity contribution >= 4 is 5.95 Å². The first-order chi connectivity index (χ1) is 9.35. The number of nitrogens with zero attached hydrogens (tertiary/aromatic N) is 2. The molecule has 1 aliphatic heterocycles. The number of hydrogen-bond acceptors (Lipinski definition) is 5. The minimum absolute atomic E-state index is 0.565. The van der Waals surface area contributed by atoms with Gasteiger partial charge in [-0.3, -0.25) is 0 Å². The van der Waals surface area contributed by atoms with Crippen LogP contribution >= 0.6 is 0 Å². The number of methoxy groups -OCH3 is 1. The average molecular weight is 256 g/mol. The lowest BCUT2D eigenvalue weighted by Crippen LogP contribution is -2.04. The topological polar surface area (TPSA) is 59.1 Å². The van der Waals surface area contributed by atoms with Gasteiger partial charge >= 0.3 is 0 Å². The van der Waals surface area contributed by atoms with Gasteiger partial charge < -0.3 is 15.4 Å². The van der Waals surface area contributed by atoms with Crippen molar-refractivity contribution in [2.24, 2.45) is 0 Å². The number of fused-ring (bicyclic) bond motifs is 1. The Bertz CT molecular complexity index is 585. The van der Waals surface area contributed by atoms with Gasteiger partial charge in [-0.1, -0.05) is 18.2 Å². The second-order valence-electron chi connectivity index (χ2n) is 4.48. The summed E-state index contributed by atoms with van der Waals surface area (Å²) in [5.74, 6) is 1.15. The quantitative estimate of drug-likeness (QED) is 0.872. The Labute approximate surface area is 112 Å². The number of benzene rings is 1. The van der Waals surface area contributed by atoms with Gasteiger partial charge in [0.1, 0.15) is 0 Å². The average Bonchev–Trinajstić information content (AvgIpc) is 2.93. The third-order valence-corrected chi connectivity index (χ3v) is 3.19. The summed E-state index contributed by atoms with van der Waals surface area (Å²) >= 11 is 0. The summed E-state index contributed by atoms with van der Waals surface area (Å²) in [4.78, 5) is 8.38. The number of nitrogens with one attached hydrogen (secondary N) is 2. The fourth-order valence-corrected chi connectivity index (χ4v) is 2.18. The van der Waals surface area contributed by atoms with Gasteiger partial charge in [-0.25, -0.2) is 4.98 Å². The van der Waals surface area contributed by atoms with E-state index < -0.39 is 0 Å². The van der Waals surface area contributed by atoms with Crippen molar-refractivity contribution in [3.05, 3.63) is 47.2 Å². The molecule has 0 spiro atoms. The molecule has 2 heterocycles. The van der Waals surface area contributed by atoms with Crippen molar-refractivity contribution in [1.82, 2.24) is 15.3 Å². The third kappa shape index (κ3) is 2.66. The molecule has 5 heteroatoms. The van der Waals surface area contributed by atoms with Crippen LogP contribution in [0.5, 0.6) is 5.88 Å². The van der Waals surface area contributed by atoms with Gasteiger partial charge in [0.05, 0.1) is 7.11 Å². The maximum atomic E-state index is 5.07. The minimum atomic E-state index is 0.565. The molecule has 0 bridgehead atoms. The summed E-state index contributed by atoms with van der Waals surface area (Å²) in [7, 11) is 1.60. The zero-order valence-electron chi connectivity index (χ0n) is 10.8. The fourth-order valence-electron chi connectivity index (χ4n) is 2.18. The van der Waals surface area contributed by atoms with Gasteiger partial charge in [0.25, 0.3) is 0 Å². The van der Waals surface area contributed by atoms with Gasteiger partial charge in [0, 0.05) is 31.9 Å². The highest BCUT2D eigenvalue weighted by molar-refractivity contribution is 5.36. The van der Waals surface area contributed by atoms with Crippen LogP contribution in [0.25, 0.3) is 0 Å². The summed E-state index contributed by atoms with van der Waals surface area (Å²) in [6, 6.07) is 8.27. The van der Waals surface area contributed by atoms with Crippen LogP contribution in [0.1, 0.15) is 16.7 Å². The summed E-state index contributed by atoms with van der Waals surface area (Å²) < 4.78 is 5.07. The molecule has 1 aliphatic rings. The summed E-state index contributed by atoms with van der Waals surface area (Å²) in [5.41, 5.74) is 4.00. The van der Waals surface area contributed by atoms with Crippen molar-refractivity contribution in [3.63, 3.8) is 0 Å². The van der Waals surface area contributed by atoms with E-state index in [4.69, 9.17) is 4.74 Å². The van der Waals surface area contributed by atoms with Crippen LogP contribution in [0.15, 0.2) is 30.5 Å². The SMILES string of the molecule is COc1ccnc(NCc2ccc3c(c2)CNC3)n1. The summed E-state index contributed by atoms with van der Waals surface area (Å²) in [6.07, 6.45) is 1.68. The number of ether oxygens (including phenoxy) is 1. The molecule has 0 fully saturated rings. The lowest BCUT2D eigenvalue weighted by atomic mass is 10.1.